The van der Waals surface area contributed by atoms with Crippen LogP contribution in [0.15, 0.2) is 4.40 Å². The van der Waals surface area contributed by atoms with Crippen molar-refractivity contribution in [2.45, 2.75) is 6.42 Å². The molecule has 0 spiro atoms. The van der Waals surface area contributed by atoms with Gasteiger partial charge in [0.25, 0.3) is 0 Å². The summed E-state index contributed by atoms with van der Waals surface area (Å²) in [7, 11) is 0. The number of amides is 1. The van der Waals surface area contributed by atoms with E-state index < -0.39 is 0 Å². The van der Waals surface area contributed by atoms with Crippen molar-refractivity contribution in [3.63, 3.8) is 0 Å². The van der Waals surface area contributed by atoms with Gasteiger partial charge in [-0.05, 0) is 0 Å². The minimum Gasteiger partial charge on any atom is -0.280 e. The zero-order valence-corrected chi connectivity index (χ0v) is 4.36. The molecular formula is C3H4N2OS. The van der Waals surface area contributed by atoms with Crippen molar-refractivity contribution >= 4 is 24.3 Å². The average Bonchev–Trinajstić information content (AvgIpc) is 1.69. The summed E-state index contributed by atoms with van der Waals surface area (Å²) in [4.78, 5) is 10.2. The number of hydrogen-bond acceptors (Lipinski definition) is 3. The van der Waals surface area contributed by atoms with Gasteiger partial charge in [-0.15, -0.1) is 0 Å². The van der Waals surface area contributed by atoms with Crippen molar-refractivity contribution in [1.82, 2.24) is 4.72 Å². The summed E-state index contributed by atoms with van der Waals surface area (Å²) in [5, 5.41) is 0. The van der Waals surface area contributed by atoms with Gasteiger partial charge in [-0.25, -0.2) is 4.40 Å². The maximum atomic E-state index is 10.2. The summed E-state index contributed by atoms with van der Waals surface area (Å²) in [5.74, 6) is 0.0278. The van der Waals surface area contributed by atoms with E-state index in [4.69, 9.17) is 0 Å². The molecule has 0 radical (unpaired) electrons. The monoisotopic (exact) mass is 116 g/mol. The van der Waals surface area contributed by atoms with Gasteiger partial charge in [0.05, 0.1) is 18.6 Å². The molecule has 1 aliphatic rings. The molecule has 1 rings (SSSR count). The van der Waals surface area contributed by atoms with Gasteiger partial charge in [-0.3, -0.25) is 9.52 Å². The molecule has 0 bridgehead atoms. The van der Waals surface area contributed by atoms with Crippen LogP contribution in [0.2, 0.25) is 0 Å². The first-order chi connectivity index (χ1) is 3.39. The van der Waals surface area contributed by atoms with E-state index in [2.05, 4.69) is 9.12 Å². The Balaban J connectivity index is 2.47. The fourth-order valence-corrected chi connectivity index (χ4v) is 0.663. The van der Waals surface area contributed by atoms with Gasteiger partial charge in [0.2, 0.25) is 5.91 Å². The predicted octanol–water partition coefficient (Wildman–Crippen LogP) is 0.140. The highest BCUT2D eigenvalue weighted by Gasteiger charge is 2.00. The lowest BCUT2D eigenvalue weighted by atomic mass is 10.5. The third-order valence-electron chi connectivity index (χ3n) is 0.563. The lowest BCUT2D eigenvalue weighted by molar-refractivity contribution is -0.118. The zero-order valence-electron chi connectivity index (χ0n) is 3.55. The SMILES string of the molecule is O=C1CC=NSN1. The minimum atomic E-state index is 0.0278. The normalized spacial score (nSPS) is 19.1. The van der Waals surface area contributed by atoms with E-state index in [1.54, 1.807) is 6.21 Å². The summed E-state index contributed by atoms with van der Waals surface area (Å²) < 4.78 is 6.15. The van der Waals surface area contributed by atoms with Crippen LogP contribution in [-0.4, -0.2) is 12.1 Å². The Kier molecular flexibility index (Phi) is 1.31. The molecule has 0 atom stereocenters. The summed E-state index contributed by atoms with van der Waals surface area (Å²) >= 11 is 1.07. The molecule has 1 N–H and O–H groups in total. The van der Waals surface area contributed by atoms with Crippen LogP contribution in [0.4, 0.5) is 0 Å². The highest BCUT2D eigenvalue weighted by Crippen LogP contribution is 1.99. The third-order valence-corrected chi connectivity index (χ3v) is 1.14. The lowest BCUT2D eigenvalue weighted by Crippen LogP contribution is -2.17. The molecule has 0 aliphatic carbocycles. The molecule has 7 heavy (non-hydrogen) atoms. The average molecular weight is 116 g/mol. The highest BCUT2D eigenvalue weighted by atomic mass is 32.2. The summed E-state index contributed by atoms with van der Waals surface area (Å²) in [6.45, 7) is 0. The maximum absolute atomic E-state index is 10.2. The highest BCUT2D eigenvalue weighted by molar-refractivity contribution is 7.96. The Morgan fingerprint density at radius 1 is 2.00 bits per heavy atom. The molecule has 1 amide bonds. The predicted molar refractivity (Wildman–Crippen MR) is 28.8 cm³/mol. The molecule has 1 heterocycles. The molecule has 0 aromatic heterocycles. The largest absolute Gasteiger partial charge is 0.280 e. The summed E-state index contributed by atoms with van der Waals surface area (Å²) in [6.07, 6.45) is 2.01. The van der Waals surface area contributed by atoms with E-state index in [0.717, 1.165) is 12.1 Å². The molecule has 0 saturated carbocycles. The van der Waals surface area contributed by atoms with Crippen LogP contribution in [0, 0.1) is 0 Å². The fourth-order valence-electron chi connectivity index (χ4n) is 0.276. The minimum absolute atomic E-state index is 0.0278. The topological polar surface area (TPSA) is 41.5 Å². The second-order valence-corrected chi connectivity index (χ2v) is 1.71. The molecule has 0 aromatic rings. The van der Waals surface area contributed by atoms with Crippen LogP contribution >= 0.6 is 12.1 Å². The van der Waals surface area contributed by atoms with Crippen molar-refractivity contribution in [3.8, 4) is 0 Å². The second-order valence-electron chi connectivity index (χ2n) is 1.11. The van der Waals surface area contributed by atoms with E-state index in [9.17, 15) is 4.79 Å². The number of carbonyl (C=O) groups is 1. The first kappa shape index (κ1) is 4.64. The molecule has 0 unspecified atom stereocenters. The molecule has 1 aliphatic heterocycles. The summed E-state index contributed by atoms with van der Waals surface area (Å²) in [6, 6.07) is 0. The molecular weight excluding hydrogens is 112 g/mol. The lowest BCUT2D eigenvalue weighted by Gasteiger charge is -1.99. The second kappa shape index (κ2) is 1.97. The first-order valence-corrected chi connectivity index (χ1v) is 2.63. The summed E-state index contributed by atoms with van der Waals surface area (Å²) in [5.41, 5.74) is 0. The van der Waals surface area contributed by atoms with E-state index >= 15 is 0 Å². The van der Waals surface area contributed by atoms with Gasteiger partial charge >= 0.3 is 0 Å². The Labute approximate surface area is 45.5 Å². The van der Waals surface area contributed by atoms with E-state index in [1.807, 2.05) is 0 Å². The molecule has 38 valence electrons. The Morgan fingerprint density at radius 3 is 3.14 bits per heavy atom. The Bertz CT molecular complexity index is 112. The van der Waals surface area contributed by atoms with Crippen molar-refractivity contribution < 1.29 is 4.79 Å². The van der Waals surface area contributed by atoms with Crippen LogP contribution in [0.25, 0.3) is 0 Å². The number of nitrogens with zero attached hydrogens (tertiary/aromatic N) is 1. The Hall–Kier alpha value is -0.510. The van der Waals surface area contributed by atoms with Crippen molar-refractivity contribution in [1.29, 1.82) is 0 Å². The zero-order chi connectivity index (χ0) is 5.11. The van der Waals surface area contributed by atoms with Gasteiger partial charge < -0.3 is 0 Å². The van der Waals surface area contributed by atoms with Crippen LogP contribution in [0.5, 0.6) is 0 Å². The van der Waals surface area contributed by atoms with E-state index in [-0.39, 0.29) is 5.91 Å². The van der Waals surface area contributed by atoms with Gasteiger partial charge in [0.15, 0.2) is 0 Å². The number of nitrogens with one attached hydrogen (secondary N) is 1. The molecule has 4 heteroatoms. The third kappa shape index (κ3) is 1.19. The van der Waals surface area contributed by atoms with Gasteiger partial charge in [-0.1, -0.05) is 0 Å². The van der Waals surface area contributed by atoms with E-state index in [0.29, 0.717) is 6.42 Å². The fraction of sp³-hybridized carbons (Fsp3) is 0.333. The standard InChI is InChI=1S/C3H4N2OS/c6-3-1-2-4-7-5-3/h2H,1H2,(H,5,6). The van der Waals surface area contributed by atoms with Crippen molar-refractivity contribution in [2.24, 2.45) is 4.40 Å². The van der Waals surface area contributed by atoms with E-state index in [1.165, 1.54) is 0 Å². The molecule has 0 aromatic carbocycles. The van der Waals surface area contributed by atoms with Crippen LogP contribution in [0.3, 0.4) is 0 Å². The van der Waals surface area contributed by atoms with Gasteiger partial charge in [0.1, 0.15) is 0 Å². The van der Waals surface area contributed by atoms with Crippen LogP contribution in [-0.2, 0) is 4.79 Å². The van der Waals surface area contributed by atoms with Crippen LogP contribution < -0.4 is 4.72 Å². The molecule has 3 nitrogen and oxygen atoms in total. The first-order valence-electron chi connectivity index (χ1n) is 1.86. The number of hydrogen-bond donors (Lipinski definition) is 1. The van der Waals surface area contributed by atoms with Crippen LogP contribution in [0.1, 0.15) is 6.42 Å². The molecule has 0 fully saturated rings. The smallest absolute Gasteiger partial charge is 0.236 e. The quantitative estimate of drug-likeness (QED) is 0.457. The maximum Gasteiger partial charge on any atom is 0.236 e. The van der Waals surface area contributed by atoms with Gasteiger partial charge in [0, 0.05) is 6.21 Å². The van der Waals surface area contributed by atoms with Crippen molar-refractivity contribution in [2.75, 3.05) is 0 Å². The number of rotatable bonds is 0. The Morgan fingerprint density at radius 2 is 2.86 bits per heavy atom. The number of carbonyl (C=O) groups excluding carboxylic acids is 1. The van der Waals surface area contributed by atoms with Crippen molar-refractivity contribution in [3.05, 3.63) is 0 Å². The van der Waals surface area contributed by atoms with Gasteiger partial charge in [-0.2, -0.15) is 0 Å². The molecule has 0 saturated heterocycles.